The Kier molecular flexibility index (Phi) is 5.64. The number of hydrogen-bond donors (Lipinski definition) is 2. The SMILES string of the molecule is COc1ccc(CNCCNc2c(C)cccc2C)cc1. The molecule has 3 nitrogen and oxygen atoms in total. The highest BCUT2D eigenvalue weighted by Gasteiger charge is 2.00. The third-order valence-corrected chi connectivity index (χ3v) is 3.57. The molecule has 2 rings (SSSR count). The van der Waals surface area contributed by atoms with Gasteiger partial charge in [0.15, 0.2) is 0 Å². The molecule has 2 N–H and O–H groups in total. The predicted molar refractivity (Wildman–Crippen MR) is 89.1 cm³/mol. The van der Waals surface area contributed by atoms with Crippen LogP contribution in [0, 0.1) is 13.8 Å². The lowest BCUT2D eigenvalue weighted by molar-refractivity contribution is 0.414. The summed E-state index contributed by atoms with van der Waals surface area (Å²) in [5, 5.41) is 6.95. The summed E-state index contributed by atoms with van der Waals surface area (Å²) in [6.45, 7) is 7.00. The first-order valence-electron chi connectivity index (χ1n) is 7.34. The molecule has 0 aliphatic carbocycles. The second kappa shape index (κ2) is 7.70. The third kappa shape index (κ3) is 4.50. The number of anilines is 1. The van der Waals surface area contributed by atoms with Crippen LogP contribution in [0.1, 0.15) is 16.7 Å². The number of methoxy groups -OCH3 is 1. The van der Waals surface area contributed by atoms with E-state index >= 15 is 0 Å². The second-order valence-corrected chi connectivity index (χ2v) is 5.22. The minimum Gasteiger partial charge on any atom is -0.497 e. The van der Waals surface area contributed by atoms with E-state index in [4.69, 9.17) is 4.74 Å². The molecule has 0 aromatic heterocycles. The van der Waals surface area contributed by atoms with Crippen LogP contribution in [-0.2, 0) is 6.54 Å². The standard InChI is InChI=1S/C18H24N2O/c1-14-5-4-6-15(2)18(14)20-12-11-19-13-16-7-9-17(21-3)10-8-16/h4-10,19-20H,11-13H2,1-3H3. The first-order chi connectivity index (χ1) is 10.2. The van der Waals surface area contributed by atoms with Crippen LogP contribution in [0.25, 0.3) is 0 Å². The molecule has 0 saturated heterocycles. The van der Waals surface area contributed by atoms with Gasteiger partial charge in [0.1, 0.15) is 5.75 Å². The third-order valence-electron chi connectivity index (χ3n) is 3.57. The molecule has 0 atom stereocenters. The summed E-state index contributed by atoms with van der Waals surface area (Å²) in [6, 6.07) is 14.5. The first kappa shape index (κ1) is 15.4. The van der Waals surface area contributed by atoms with E-state index in [1.807, 2.05) is 12.1 Å². The fourth-order valence-corrected chi connectivity index (χ4v) is 2.35. The maximum absolute atomic E-state index is 5.15. The van der Waals surface area contributed by atoms with Gasteiger partial charge in [-0.05, 0) is 42.7 Å². The molecule has 0 unspecified atom stereocenters. The van der Waals surface area contributed by atoms with E-state index in [2.05, 4.69) is 54.8 Å². The van der Waals surface area contributed by atoms with E-state index in [9.17, 15) is 0 Å². The van der Waals surface area contributed by atoms with Crippen molar-refractivity contribution in [3.05, 3.63) is 59.2 Å². The van der Waals surface area contributed by atoms with Crippen molar-refractivity contribution in [2.45, 2.75) is 20.4 Å². The van der Waals surface area contributed by atoms with Crippen LogP contribution in [0.3, 0.4) is 0 Å². The minimum atomic E-state index is 0.873. The van der Waals surface area contributed by atoms with Gasteiger partial charge >= 0.3 is 0 Å². The molecule has 0 radical (unpaired) electrons. The van der Waals surface area contributed by atoms with E-state index in [0.717, 1.165) is 25.4 Å². The van der Waals surface area contributed by atoms with Gasteiger partial charge in [-0.25, -0.2) is 0 Å². The summed E-state index contributed by atoms with van der Waals surface area (Å²) >= 11 is 0. The summed E-state index contributed by atoms with van der Waals surface area (Å²) < 4.78 is 5.15. The average molecular weight is 284 g/mol. The fraction of sp³-hybridized carbons (Fsp3) is 0.333. The quantitative estimate of drug-likeness (QED) is 0.763. The van der Waals surface area contributed by atoms with Gasteiger partial charge in [0.05, 0.1) is 7.11 Å². The van der Waals surface area contributed by atoms with Gasteiger partial charge < -0.3 is 15.4 Å². The summed E-state index contributed by atoms with van der Waals surface area (Å²) in [7, 11) is 1.69. The van der Waals surface area contributed by atoms with Crippen molar-refractivity contribution in [2.75, 3.05) is 25.5 Å². The number of hydrogen-bond acceptors (Lipinski definition) is 3. The molecule has 0 aliphatic heterocycles. The number of para-hydroxylation sites is 1. The van der Waals surface area contributed by atoms with Crippen molar-refractivity contribution in [2.24, 2.45) is 0 Å². The Labute approximate surface area is 127 Å². The molecule has 0 heterocycles. The van der Waals surface area contributed by atoms with E-state index in [1.165, 1.54) is 22.4 Å². The molecule has 0 bridgehead atoms. The Balaban J connectivity index is 1.72. The zero-order chi connectivity index (χ0) is 15.1. The van der Waals surface area contributed by atoms with Crippen molar-refractivity contribution in [1.82, 2.24) is 5.32 Å². The zero-order valence-electron chi connectivity index (χ0n) is 13.1. The average Bonchev–Trinajstić information content (AvgIpc) is 2.50. The van der Waals surface area contributed by atoms with Gasteiger partial charge in [0, 0.05) is 25.3 Å². The number of ether oxygens (including phenoxy) is 1. The lowest BCUT2D eigenvalue weighted by Crippen LogP contribution is -2.22. The van der Waals surface area contributed by atoms with Gasteiger partial charge in [-0.15, -0.1) is 0 Å². The van der Waals surface area contributed by atoms with Gasteiger partial charge in [-0.3, -0.25) is 0 Å². The lowest BCUT2D eigenvalue weighted by Gasteiger charge is -2.13. The Morgan fingerprint density at radius 1 is 0.905 bits per heavy atom. The molecule has 2 aromatic rings. The molecular formula is C18H24N2O. The monoisotopic (exact) mass is 284 g/mol. The highest BCUT2D eigenvalue weighted by atomic mass is 16.5. The van der Waals surface area contributed by atoms with Gasteiger partial charge in [-0.2, -0.15) is 0 Å². The van der Waals surface area contributed by atoms with Crippen LogP contribution in [-0.4, -0.2) is 20.2 Å². The molecule has 0 spiro atoms. The molecule has 2 aromatic carbocycles. The Morgan fingerprint density at radius 2 is 1.57 bits per heavy atom. The van der Waals surface area contributed by atoms with Crippen molar-refractivity contribution < 1.29 is 4.74 Å². The fourth-order valence-electron chi connectivity index (χ4n) is 2.35. The largest absolute Gasteiger partial charge is 0.497 e. The van der Waals surface area contributed by atoms with Crippen molar-refractivity contribution in [3.63, 3.8) is 0 Å². The number of aryl methyl sites for hydroxylation is 2. The summed E-state index contributed by atoms with van der Waals surface area (Å²) in [5.74, 6) is 0.899. The number of rotatable bonds is 7. The topological polar surface area (TPSA) is 33.3 Å². The van der Waals surface area contributed by atoms with Crippen LogP contribution in [0.2, 0.25) is 0 Å². The maximum atomic E-state index is 5.15. The van der Waals surface area contributed by atoms with Crippen molar-refractivity contribution in [1.29, 1.82) is 0 Å². The molecular weight excluding hydrogens is 260 g/mol. The van der Waals surface area contributed by atoms with E-state index in [1.54, 1.807) is 7.11 Å². The van der Waals surface area contributed by atoms with Crippen LogP contribution in [0.4, 0.5) is 5.69 Å². The summed E-state index contributed by atoms with van der Waals surface area (Å²) in [6.07, 6.45) is 0. The van der Waals surface area contributed by atoms with Gasteiger partial charge in [0.25, 0.3) is 0 Å². The minimum absolute atomic E-state index is 0.873. The predicted octanol–water partition coefficient (Wildman–Crippen LogP) is 3.51. The Hall–Kier alpha value is -2.00. The van der Waals surface area contributed by atoms with Crippen LogP contribution in [0.15, 0.2) is 42.5 Å². The smallest absolute Gasteiger partial charge is 0.118 e. The van der Waals surface area contributed by atoms with Gasteiger partial charge in [0.2, 0.25) is 0 Å². The van der Waals surface area contributed by atoms with Crippen molar-refractivity contribution in [3.8, 4) is 5.75 Å². The molecule has 0 aliphatic rings. The first-order valence-corrected chi connectivity index (χ1v) is 7.34. The van der Waals surface area contributed by atoms with E-state index < -0.39 is 0 Å². The van der Waals surface area contributed by atoms with Crippen LogP contribution >= 0.6 is 0 Å². The second-order valence-electron chi connectivity index (χ2n) is 5.22. The highest BCUT2D eigenvalue weighted by molar-refractivity contribution is 5.56. The number of benzene rings is 2. The molecule has 0 saturated carbocycles. The lowest BCUT2D eigenvalue weighted by atomic mass is 10.1. The molecule has 0 amide bonds. The highest BCUT2D eigenvalue weighted by Crippen LogP contribution is 2.18. The Morgan fingerprint density at radius 3 is 2.19 bits per heavy atom. The summed E-state index contributed by atoms with van der Waals surface area (Å²) in [5.41, 5.74) is 5.11. The number of nitrogens with one attached hydrogen (secondary N) is 2. The zero-order valence-corrected chi connectivity index (χ0v) is 13.1. The van der Waals surface area contributed by atoms with Gasteiger partial charge in [-0.1, -0.05) is 30.3 Å². The molecule has 3 heteroatoms. The van der Waals surface area contributed by atoms with E-state index in [0.29, 0.717) is 0 Å². The normalized spacial score (nSPS) is 10.4. The van der Waals surface area contributed by atoms with Crippen molar-refractivity contribution >= 4 is 5.69 Å². The summed E-state index contributed by atoms with van der Waals surface area (Å²) in [4.78, 5) is 0. The van der Waals surface area contributed by atoms with Crippen LogP contribution in [0.5, 0.6) is 5.75 Å². The molecule has 112 valence electrons. The maximum Gasteiger partial charge on any atom is 0.118 e. The molecule has 21 heavy (non-hydrogen) atoms. The Bertz CT molecular complexity index is 544. The van der Waals surface area contributed by atoms with Crippen LogP contribution < -0.4 is 15.4 Å². The van der Waals surface area contributed by atoms with E-state index in [-0.39, 0.29) is 0 Å². The molecule has 0 fully saturated rings.